The third-order valence-electron chi connectivity index (χ3n) is 3.27. The molecule has 0 aromatic carbocycles. The second kappa shape index (κ2) is 4.06. The Morgan fingerprint density at radius 3 is 3.00 bits per heavy atom. The zero-order valence-corrected chi connectivity index (χ0v) is 9.81. The zero-order chi connectivity index (χ0) is 12.6. The maximum absolute atomic E-state index is 14.3. The lowest BCUT2D eigenvalue weighted by atomic mass is 9.92. The maximum Gasteiger partial charge on any atom is 0.309 e. The Morgan fingerprint density at radius 2 is 2.47 bits per heavy atom. The Hall–Kier alpha value is -1.50. The van der Waals surface area contributed by atoms with E-state index < -0.39 is 16.6 Å². The molecule has 0 aliphatic carbocycles. The van der Waals surface area contributed by atoms with Crippen molar-refractivity contribution in [2.75, 3.05) is 13.1 Å². The number of hydrogen-bond acceptors (Lipinski definition) is 4. The predicted molar refractivity (Wildman–Crippen MR) is 59.7 cm³/mol. The van der Waals surface area contributed by atoms with Crippen LogP contribution < -0.4 is 5.32 Å². The highest BCUT2D eigenvalue weighted by Gasteiger charge is 2.40. The van der Waals surface area contributed by atoms with Crippen LogP contribution in [0.4, 0.5) is 10.1 Å². The molecular formula is C10H15FN4O2. The van der Waals surface area contributed by atoms with Crippen molar-refractivity contribution in [3.05, 3.63) is 22.0 Å². The molecule has 1 N–H and O–H groups in total. The van der Waals surface area contributed by atoms with Crippen molar-refractivity contribution < 1.29 is 9.31 Å². The van der Waals surface area contributed by atoms with Gasteiger partial charge in [-0.1, -0.05) is 0 Å². The topological polar surface area (TPSA) is 73.0 Å². The summed E-state index contributed by atoms with van der Waals surface area (Å²) >= 11 is 0. The van der Waals surface area contributed by atoms with E-state index in [0.29, 0.717) is 18.7 Å². The van der Waals surface area contributed by atoms with E-state index >= 15 is 0 Å². The van der Waals surface area contributed by atoms with Crippen LogP contribution in [0.1, 0.15) is 25.1 Å². The van der Waals surface area contributed by atoms with E-state index in [4.69, 9.17) is 0 Å². The van der Waals surface area contributed by atoms with Gasteiger partial charge in [-0.3, -0.25) is 14.8 Å². The molecule has 17 heavy (non-hydrogen) atoms. The van der Waals surface area contributed by atoms with Crippen molar-refractivity contribution in [2.24, 2.45) is 0 Å². The van der Waals surface area contributed by atoms with Crippen LogP contribution in [0.25, 0.3) is 0 Å². The third-order valence-corrected chi connectivity index (χ3v) is 3.27. The number of rotatable bonds is 2. The summed E-state index contributed by atoms with van der Waals surface area (Å²) in [6, 6.07) is -0.447. The van der Waals surface area contributed by atoms with Crippen molar-refractivity contribution in [3.8, 4) is 0 Å². The number of piperidine rings is 1. The molecule has 1 fully saturated rings. The van der Waals surface area contributed by atoms with Crippen molar-refractivity contribution in [3.63, 3.8) is 0 Å². The molecule has 1 saturated heterocycles. The van der Waals surface area contributed by atoms with E-state index in [2.05, 4.69) is 10.4 Å². The summed E-state index contributed by atoms with van der Waals surface area (Å²) in [5.41, 5.74) is -1.09. The van der Waals surface area contributed by atoms with Crippen LogP contribution >= 0.6 is 0 Å². The molecule has 1 aromatic rings. The molecule has 2 rings (SSSR count). The van der Waals surface area contributed by atoms with E-state index in [1.807, 2.05) is 0 Å². The fraction of sp³-hybridized carbons (Fsp3) is 0.700. The van der Waals surface area contributed by atoms with Gasteiger partial charge in [0.05, 0.1) is 11.0 Å². The monoisotopic (exact) mass is 242 g/mol. The Labute approximate surface area is 98.0 Å². The Kier molecular flexibility index (Phi) is 2.86. The number of aromatic nitrogens is 2. The van der Waals surface area contributed by atoms with Gasteiger partial charge in [0.2, 0.25) is 0 Å². The largest absolute Gasteiger partial charge is 0.313 e. The van der Waals surface area contributed by atoms with E-state index in [9.17, 15) is 14.5 Å². The first kappa shape index (κ1) is 12.0. The second-order valence-corrected chi connectivity index (χ2v) is 4.58. The number of nitro groups is 1. The van der Waals surface area contributed by atoms with Crippen LogP contribution in [0.15, 0.2) is 6.20 Å². The van der Waals surface area contributed by atoms with Gasteiger partial charge in [0.1, 0.15) is 17.6 Å². The van der Waals surface area contributed by atoms with Crippen molar-refractivity contribution >= 4 is 5.69 Å². The Balaban J connectivity index is 2.36. The minimum absolute atomic E-state index is 0.0562. The molecule has 2 unspecified atom stereocenters. The van der Waals surface area contributed by atoms with Gasteiger partial charge in [0, 0.05) is 6.54 Å². The number of nitrogens with zero attached hydrogens (tertiary/aromatic N) is 3. The molecule has 0 radical (unpaired) electrons. The molecule has 2 heterocycles. The van der Waals surface area contributed by atoms with E-state index in [1.54, 1.807) is 6.92 Å². The first-order valence-electron chi connectivity index (χ1n) is 5.51. The normalized spacial score (nSPS) is 29.2. The average molecular weight is 242 g/mol. The van der Waals surface area contributed by atoms with Crippen LogP contribution in [0.2, 0.25) is 0 Å². The Bertz CT molecular complexity index is 444. The van der Waals surface area contributed by atoms with Crippen LogP contribution in [0.3, 0.4) is 0 Å². The fourth-order valence-corrected chi connectivity index (χ4v) is 2.28. The molecular weight excluding hydrogens is 227 g/mol. The first-order chi connectivity index (χ1) is 7.93. The van der Waals surface area contributed by atoms with E-state index in [-0.39, 0.29) is 12.2 Å². The summed E-state index contributed by atoms with van der Waals surface area (Å²) in [5.74, 6) is 0. The summed E-state index contributed by atoms with van der Waals surface area (Å²) < 4.78 is 15.8. The van der Waals surface area contributed by atoms with Gasteiger partial charge in [0.15, 0.2) is 0 Å². The summed E-state index contributed by atoms with van der Waals surface area (Å²) in [5, 5.41) is 17.7. The van der Waals surface area contributed by atoms with Gasteiger partial charge < -0.3 is 5.32 Å². The van der Waals surface area contributed by atoms with Crippen LogP contribution in [0, 0.1) is 17.0 Å². The Morgan fingerprint density at radius 1 is 1.76 bits per heavy atom. The maximum atomic E-state index is 14.3. The fourth-order valence-electron chi connectivity index (χ4n) is 2.28. The van der Waals surface area contributed by atoms with Crippen molar-refractivity contribution in [1.29, 1.82) is 0 Å². The standard InChI is InChI=1S/C10H15FN4O2/c1-7-8(15(16)17)5-13-14(7)9-3-4-12-6-10(9,2)11/h5,9,12H,3-4,6H2,1-2H3. The first-order valence-corrected chi connectivity index (χ1v) is 5.51. The molecule has 1 aliphatic rings. The lowest BCUT2D eigenvalue weighted by Gasteiger charge is -2.35. The van der Waals surface area contributed by atoms with Crippen LogP contribution in [-0.4, -0.2) is 33.5 Å². The highest BCUT2D eigenvalue weighted by molar-refractivity contribution is 5.32. The molecule has 0 saturated carbocycles. The summed E-state index contributed by atoms with van der Waals surface area (Å²) in [4.78, 5) is 10.2. The van der Waals surface area contributed by atoms with Gasteiger partial charge in [-0.2, -0.15) is 5.10 Å². The van der Waals surface area contributed by atoms with Crippen LogP contribution in [-0.2, 0) is 0 Å². The molecule has 1 aromatic heterocycles. The SMILES string of the molecule is Cc1c([N+](=O)[O-])cnn1C1CCNCC1(C)F. The highest BCUT2D eigenvalue weighted by atomic mass is 19.1. The summed E-state index contributed by atoms with van der Waals surface area (Å²) in [6.45, 7) is 4.03. The van der Waals surface area contributed by atoms with E-state index in [0.717, 1.165) is 0 Å². The molecule has 0 bridgehead atoms. The molecule has 2 atom stereocenters. The van der Waals surface area contributed by atoms with Crippen molar-refractivity contribution in [2.45, 2.75) is 32.0 Å². The number of halogens is 1. The third kappa shape index (κ3) is 2.02. The lowest BCUT2D eigenvalue weighted by Crippen LogP contribution is -2.48. The number of nitrogens with one attached hydrogen (secondary N) is 1. The van der Waals surface area contributed by atoms with Gasteiger partial charge in [-0.05, 0) is 26.8 Å². The minimum atomic E-state index is -1.44. The molecule has 0 spiro atoms. The molecule has 6 nitrogen and oxygen atoms in total. The quantitative estimate of drug-likeness (QED) is 0.627. The number of hydrogen-bond donors (Lipinski definition) is 1. The molecule has 7 heteroatoms. The lowest BCUT2D eigenvalue weighted by molar-refractivity contribution is -0.385. The second-order valence-electron chi connectivity index (χ2n) is 4.58. The van der Waals surface area contributed by atoms with Gasteiger partial charge in [-0.25, -0.2) is 4.39 Å². The van der Waals surface area contributed by atoms with Crippen molar-refractivity contribution in [1.82, 2.24) is 15.1 Å². The molecule has 0 amide bonds. The zero-order valence-electron chi connectivity index (χ0n) is 9.81. The smallest absolute Gasteiger partial charge is 0.309 e. The molecule has 1 aliphatic heterocycles. The summed E-state index contributed by atoms with van der Waals surface area (Å²) in [7, 11) is 0. The van der Waals surface area contributed by atoms with Gasteiger partial charge >= 0.3 is 5.69 Å². The van der Waals surface area contributed by atoms with Gasteiger partial charge in [-0.15, -0.1) is 0 Å². The number of alkyl halides is 1. The molecule has 94 valence electrons. The van der Waals surface area contributed by atoms with Crippen LogP contribution in [0.5, 0.6) is 0 Å². The average Bonchev–Trinajstić information content (AvgIpc) is 2.59. The minimum Gasteiger partial charge on any atom is -0.313 e. The summed E-state index contributed by atoms with van der Waals surface area (Å²) in [6.07, 6.45) is 1.76. The predicted octanol–water partition coefficient (Wildman–Crippen LogP) is 1.36. The van der Waals surface area contributed by atoms with Gasteiger partial charge in [0.25, 0.3) is 0 Å². The highest BCUT2D eigenvalue weighted by Crippen LogP contribution is 2.34. The van der Waals surface area contributed by atoms with E-state index in [1.165, 1.54) is 17.8 Å².